The highest BCUT2D eigenvalue weighted by Crippen LogP contribution is 2.22. The van der Waals surface area contributed by atoms with Gasteiger partial charge in [-0.3, -0.25) is 4.79 Å². The van der Waals surface area contributed by atoms with Crippen molar-refractivity contribution in [1.82, 2.24) is 9.62 Å². The van der Waals surface area contributed by atoms with E-state index in [1.807, 2.05) is 92.7 Å². The van der Waals surface area contributed by atoms with E-state index >= 15 is 0 Å². The predicted molar refractivity (Wildman–Crippen MR) is 124 cm³/mol. The van der Waals surface area contributed by atoms with E-state index in [1.54, 1.807) is 0 Å². The van der Waals surface area contributed by atoms with Gasteiger partial charge >= 0.3 is 0 Å². The zero-order valence-corrected chi connectivity index (χ0v) is 18.9. The van der Waals surface area contributed by atoms with Crippen LogP contribution >= 0.6 is 0 Å². The lowest BCUT2D eigenvalue weighted by molar-refractivity contribution is -0.121. The first kappa shape index (κ1) is 22.7. The number of rotatable bonds is 8. The van der Waals surface area contributed by atoms with Gasteiger partial charge in [0, 0.05) is 6.54 Å². The summed E-state index contributed by atoms with van der Waals surface area (Å²) in [5, 5.41) is 3.02. The van der Waals surface area contributed by atoms with Crippen LogP contribution in [0.15, 0.2) is 78.9 Å². The van der Waals surface area contributed by atoms with E-state index in [9.17, 15) is 13.2 Å². The molecule has 0 aromatic heterocycles. The minimum absolute atomic E-state index is 0.146. The summed E-state index contributed by atoms with van der Waals surface area (Å²) >= 11 is 0. The van der Waals surface area contributed by atoms with Gasteiger partial charge in [0.25, 0.3) is 0 Å². The highest BCUT2D eigenvalue weighted by Gasteiger charge is 2.23. The summed E-state index contributed by atoms with van der Waals surface area (Å²) in [6, 6.07) is 24.9. The largest absolute Gasteiger partial charge is 0.344 e. The second-order valence-corrected chi connectivity index (χ2v) is 9.82. The maximum Gasteiger partial charge on any atom is 0.236 e. The van der Waals surface area contributed by atoms with Crippen LogP contribution in [0.25, 0.3) is 0 Å². The fraction of sp³-hybridized carbons (Fsp3) is 0.240. The molecule has 0 fully saturated rings. The number of nitrogens with one attached hydrogen (secondary N) is 1. The zero-order chi connectivity index (χ0) is 22.4. The van der Waals surface area contributed by atoms with Crippen molar-refractivity contribution in [3.05, 3.63) is 107 Å². The Balaban J connectivity index is 1.80. The maximum absolute atomic E-state index is 13.0. The molecule has 1 N–H and O–H groups in total. The zero-order valence-electron chi connectivity index (χ0n) is 18.1. The van der Waals surface area contributed by atoms with E-state index < -0.39 is 10.0 Å². The molecule has 0 bridgehead atoms. The van der Waals surface area contributed by atoms with Gasteiger partial charge in [-0.05, 0) is 30.5 Å². The third kappa shape index (κ3) is 6.51. The number of hydrogen-bond acceptors (Lipinski definition) is 3. The molecule has 6 heteroatoms. The number of sulfonamides is 1. The summed E-state index contributed by atoms with van der Waals surface area (Å²) in [5.74, 6) is -0.355. The van der Waals surface area contributed by atoms with Gasteiger partial charge in [0.2, 0.25) is 15.9 Å². The molecule has 1 atom stereocenters. The van der Waals surface area contributed by atoms with Gasteiger partial charge in [-0.25, -0.2) is 8.42 Å². The highest BCUT2D eigenvalue weighted by molar-refractivity contribution is 7.88. The van der Waals surface area contributed by atoms with E-state index in [2.05, 4.69) is 5.32 Å². The molecular weight excluding hydrogens is 408 g/mol. The first-order valence-electron chi connectivity index (χ1n) is 10.1. The standard InChI is InChI=1S/C25H28N2O3S/c1-19-9-13-21(14-10-19)17-27(31(3,29)30)18-24(28)26-25(22-7-5-4-6-8-22)23-15-11-20(2)12-16-23/h4-16,25H,17-18H2,1-3H3,(H,26,28). The summed E-state index contributed by atoms with van der Waals surface area (Å²) in [6.45, 7) is 3.88. The van der Waals surface area contributed by atoms with Crippen LogP contribution in [0.3, 0.4) is 0 Å². The molecular formula is C25H28N2O3S. The normalized spacial score (nSPS) is 12.5. The van der Waals surface area contributed by atoms with Gasteiger partial charge in [0.05, 0.1) is 18.8 Å². The average molecular weight is 437 g/mol. The van der Waals surface area contributed by atoms with Gasteiger partial charge in [0.1, 0.15) is 0 Å². The molecule has 5 nitrogen and oxygen atoms in total. The van der Waals surface area contributed by atoms with E-state index in [1.165, 1.54) is 4.31 Å². The van der Waals surface area contributed by atoms with Crippen LogP contribution in [0.1, 0.15) is 33.9 Å². The molecule has 3 aromatic rings. The molecule has 0 saturated carbocycles. The average Bonchev–Trinajstić information content (AvgIpc) is 2.74. The molecule has 0 aliphatic rings. The van der Waals surface area contributed by atoms with Gasteiger partial charge < -0.3 is 5.32 Å². The van der Waals surface area contributed by atoms with Crippen molar-refractivity contribution in [2.75, 3.05) is 12.8 Å². The van der Waals surface area contributed by atoms with Crippen molar-refractivity contribution in [3.8, 4) is 0 Å². The molecule has 1 unspecified atom stereocenters. The first-order valence-corrected chi connectivity index (χ1v) is 12.0. The van der Waals surface area contributed by atoms with Crippen molar-refractivity contribution < 1.29 is 13.2 Å². The monoisotopic (exact) mass is 436 g/mol. The molecule has 31 heavy (non-hydrogen) atoms. The highest BCUT2D eigenvalue weighted by atomic mass is 32.2. The Hall–Kier alpha value is -2.96. The lowest BCUT2D eigenvalue weighted by atomic mass is 9.98. The second-order valence-electron chi connectivity index (χ2n) is 7.84. The van der Waals surface area contributed by atoms with Crippen LogP contribution in [0.5, 0.6) is 0 Å². The molecule has 0 spiro atoms. The second kappa shape index (κ2) is 9.90. The third-order valence-electron chi connectivity index (χ3n) is 5.12. The SMILES string of the molecule is Cc1ccc(CN(CC(=O)NC(c2ccccc2)c2ccc(C)cc2)S(C)(=O)=O)cc1. The maximum atomic E-state index is 13.0. The molecule has 162 valence electrons. The Kier molecular flexibility index (Phi) is 7.25. The molecule has 0 aliphatic carbocycles. The minimum Gasteiger partial charge on any atom is -0.344 e. The van der Waals surface area contributed by atoms with Gasteiger partial charge in [-0.15, -0.1) is 0 Å². The van der Waals surface area contributed by atoms with Crippen molar-refractivity contribution in [2.24, 2.45) is 0 Å². The third-order valence-corrected chi connectivity index (χ3v) is 6.31. The lowest BCUT2D eigenvalue weighted by Crippen LogP contribution is -2.41. The topological polar surface area (TPSA) is 66.5 Å². The van der Waals surface area contributed by atoms with Crippen LogP contribution in [-0.4, -0.2) is 31.4 Å². The summed E-state index contributed by atoms with van der Waals surface area (Å²) in [6.07, 6.45) is 1.13. The Labute approximate surface area is 184 Å². The molecule has 0 aliphatic heterocycles. The van der Waals surface area contributed by atoms with Crippen LogP contribution in [0, 0.1) is 13.8 Å². The summed E-state index contributed by atoms with van der Waals surface area (Å²) in [5.41, 5.74) is 4.93. The van der Waals surface area contributed by atoms with E-state index in [-0.39, 0.29) is 25.0 Å². The number of hydrogen-bond donors (Lipinski definition) is 1. The smallest absolute Gasteiger partial charge is 0.236 e. The summed E-state index contributed by atoms with van der Waals surface area (Å²) in [7, 11) is -3.57. The Morgan fingerprint density at radius 3 is 1.90 bits per heavy atom. The van der Waals surface area contributed by atoms with Crippen molar-refractivity contribution >= 4 is 15.9 Å². The van der Waals surface area contributed by atoms with Gasteiger partial charge in [-0.1, -0.05) is 90.0 Å². The molecule has 3 aromatic carbocycles. The number of benzene rings is 3. The quantitative estimate of drug-likeness (QED) is 0.581. The van der Waals surface area contributed by atoms with Crippen molar-refractivity contribution in [1.29, 1.82) is 0 Å². The fourth-order valence-corrected chi connectivity index (χ4v) is 4.05. The van der Waals surface area contributed by atoms with Gasteiger partial charge in [-0.2, -0.15) is 4.31 Å². The molecule has 0 saturated heterocycles. The Morgan fingerprint density at radius 1 is 0.839 bits per heavy atom. The van der Waals surface area contributed by atoms with Crippen molar-refractivity contribution in [3.63, 3.8) is 0 Å². The molecule has 0 radical (unpaired) electrons. The lowest BCUT2D eigenvalue weighted by Gasteiger charge is -2.24. The van der Waals surface area contributed by atoms with E-state index in [0.717, 1.165) is 34.1 Å². The molecule has 3 rings (SSSR count). The molecule has 1 amide bonds. The summed E-state index contributed by atoms with van der Waals surface area (Å²) in [4.78, 5) is 13.0. The van der Waals surface area contributed by atoms with Crippen LogP contribution in [0.2, 0.25) is 0 Å². The van der Waals surface area contributed by atoms with Gasteiger partial charge in [0.15, 0.2) is 0 Å². The predicted octanol–water partition coefficient (Wildman–Crippen LogP) is 3.97. The Morgan fingerprint density at radius 2 is 1.35 bits per heavy atom. The van der Waals surface area contributed by atoms with Crippen LogP contribution in [0.4, 0.5) is 0 Å². The number of carbonyl (C=O) groups is 1. The molecule has 0 heterocycles. The first-order chi connectivity index (χ1) is 14.7. The number of amides is 1. The fourth-order valence-electron chi connectivity index (χ4n) is 3.32. The van der Waals surface area contributed by atoms with E-state index in [0.29, 0.717) is 0 Å². The van der Waals surface area contributed by atoms with E-state index in [4.69, 9.17) is 0 Å². The minimum atomic E-state index is -3.57. The number of carbonyl (C=O) groups excluding carboxylic acids is 1. The number of aryl methyl sites for hydroxylation is 2. The van der Waals surface area contributed by atoms with Crippen LogP contribution in [-0.2, 0) is 21.4 Å². The Bertz CT molecular complexity index is 1110. The van der Waals surface area contributed by atoms with Crippen LogP contribution < -0.4 is 5.32 Å². The van der Waals surface area contributed by atoms with Crippen molar-refractivity contribution in [2.45, 2.75) is 26.4 Å². The summed E-state index contributed by atoms with van der Waals surface area (Å²) < 4.78 is 25.9. The number of nitrogens with zero attached hydrogens (tertiary/aromatic N) is 1.